The minimum Gasteiger partial charge on any atom is -0.481 e. The van der Waals surface area contributed by atoms with Crippen LogP contribution in [0.2, 0.25) is 0 Å². The van der Waals surface area contributed by atoms with Crippen molar-refractivity contribution in [1.82, 2.24) is 9.55 Å². The quantitative estimate of drug-likeness (QED) is 0.784. The van der Waals surface area contributed by atoms with E-state index < -0.39 is 11.9 Å². The molecule has 0 aliphatic heterocycles. The zero-order valence-corrected chi connectivity index (χ0v) is 14.7. The van der Waals surface area contributed by atoms with Crippen molar-refractivity contribution >= 4 is 27.5 Å². The zero-order valence-electron chi connectivity index (χ0n) is 13.9. The van der Waals surface area contributed by atoms with Gasteiger partial charge in [0.15, 0.2) is 0 Å². The molecule has 0 saturated heterocycles. The highest BCUT2D eigenvalue weighted by Gasteiger charge is 2.32. The molecule has 2 heterocycles. The number of aryl methyl sites for hydroxylation is 1. The third-order valence-corrected chi connectivity index (χ3v) is 6.05. The summed E-state index contributed by atoms with van der Waals surface area (Å²) in [6.45, 7) is 0. The van der Waals surface area contributed by atoms with E-state index in [9.17, 15) is 14.7 Å². The van der Waals surface area contributed by atoms with Gasteiger partial charge in [-0.25, -0.2) is 4.98 Å². The van der Waals surface area contributed by atoms with Crippen molar-refractivity contribution in [3.05, 3.63) is 62.5 Å². The predicted octanol–water partition coefficient (Wildman–Crippen LogP) is 3.09. The monoisotopic (exact) mass is 354 g/mol. The Morgan fingerprint density at radius 3 is 2.84 bits per heavy atom. The summed E-state index contributed by atoms with van der Waals surface area (Å²) in [6.07, 6.45) is 2.84. The minimum atomic E-state index is -0.851. The van der Waals surface area contributed by atoms with Crippen LogP contribution in [0.25, 0.3) is 10.2 Å². The molecule has 0 amide bonds. The van der Waals surface area contributed by atoms with Crippen LogP contribution in [0, 0.1) is 0 Å². The van der Waals surface area contributed by atoms with Gasteiger partial charge in [-0.1, -0.05) is 30.3 Å². The second-order valence-corrected chi connectivity index (χ2v) is 7.54. The molecule has 0 spiro atoms. The maximum absolute atomic E-state index is 13.0. The fourth-order valence-electron chi connectivity index (χ4n) is 3.59. The SMILES string of the molecule is Cn1c(Cc2ccccc2)nc2sc3c(c2c1=O)C(C(=O)O)CCC3. The van der Waals surface area contributed by atoms with E-state index >= 15 is 0 Å². The van der Waals surface area contributed by atoms with Gasteiger partial charge in [0.2, 0.25) is 0 Å². The Morgan fingerprint density at radius 2 is 2.12 bits per heavy atom. The highest BCUT2D eigenvalue weighted by molar-refractivity contribution is 7.18. The molecule has 0 saturated carbocycles. The summed E-state index contributed by atoms with van der Waals surface area (Å²) in [4.78, 5) is 31.0. The summed E-state index contributed by atoms with van der Waals surface area (Å²) in [6, 6.07) is 9.91. The fourth-order valence-corrected chi connectivity index (χ4v) is 4.87. The fraction of sp³-hybridized carbons (Fsp3) is 0.316. The van der Waals surface area contributed by atoms with E-state index in [1.807, 2.05) is 30.3 Å². The van der Waals surface area contributed by atoms with Gasteiger partial charge in [-0.3, -0.25) is 14.2 Å². The van der Waals surface area contributed by atoms with E-state index in [2.05, 4.69) is 0 Å². The normalized spacial score (nSPS) is 16.8. The van der Waals surface area contributed by atoms with Crippen molar-refractivity contribution in [3.63, 3.8) is 0 Å². The number of rotatable bonds is 3. The minimum absolute atomic E-state index is 0.137. The Labute approximate surface area is 148 Å². The highest BCUT2D eigenvalue weighted by atomic mass is 32.1. The van der Waals surface area contributed by atoms with E-state index in [1.54, 1.807) is 11.6 Å². The molecular formula is C19H18N2O3S. The third-order valence-electron chi connectivity index (χ3n) is 4.89. The third kappa shape index (κ3) is 2.66. The number of hydrogen-bond acceptors (Lipinski definition) is 4. The molecular weight excluding hydrogens is 336 g/mol. The number of benzene rings is 1. The Bertz CT molecular complexity index is 1020. The molecule has 0 radical (unpaired) electrons. The standard InChI is InChI=1S/C19H18N2O3S/c1-21-14(10-11-6-3-2-4-7-11)20-17-16(18(21)22)15-12(19(23)24)8-5-9-13(15)25-17/h2-4,6-7,12H,5,8-10H2,1H3,(H,23,24). The Hall–Kier alpha value is -2.47. The van der Waals surface area contributed by atoms with E-state index in [4.69, 9.17) is 4.98 Å². The molecule has 1 aromatic carbocycles. The molecule has 3 aromatic rings. The maximum atomic E-state index is 13.0. The average molecular weight is 354 g/mol. The molecule has 6 heteroatoms. The van der Waals surface area contributed by atoms with Crippen LogP contribution in [0.5, 0.6) is 0 Å². The summed E-state index contributed by atoms with van der Waals surface area (Å²) in [5.74, 6) is -0.739. The first-order chi connectivity index (χ1) is 12.1. The number of carboxylic acid groups (broad SMARTS) is 1. The second-order valence-electron chi connectivity index (χ2n) is 6.46. The lowest BCUT2D eigenvalue weighted by atomic mass is 9.86. The maximum Gasteiger partial charge on any atom is 0.311 e. The second kappa shape index (κ2) is 6.11. The van der Waals surface area contributed by atoms with E-state index in [-0.39, 0.29) is 5.56 Å². The van der Waals surface area contributed by atoms with Crippen molar-refractivity contribution < 1.29 is 9.90 Å². The topological polar surface area (TPSA) is 72.2 Å². The van der Waals surface area contributed by atoms with E-state index in [0.29, 0.717) is 34.4 Å². The van der Waals surface area contributed by atoms with Crippen LogP contribution in [-0.4, -0.2) is 20.6 Å². The summed E-state index contributed by atoms with van der Waals surface area (Å²) in [5, 5.41) is 10.1. The van der Waals surface area contributed by atoms with Crippen LogP contribution in [0.15, 0.2) is 35.1 Å². The van der Waals surface area contributed by atoms with Gasteiger partial charge < -0.3 is 5.11 Å². The lowest BCUT2D eigenvalue weighted by Crippen LogP contribution is -2.25. The molecule has 2 aromatic heterocycles. The Balaban J connectivity index is 1.90. The van der Waals surface area contributed by atoms with Gasteiger partial charge >= 0.3 is 5.97 Å². The largest absolute Gasteiger partial charge is 0.481 e. The molecule has 1 atom stereocenters. The zero-order chi connectivity index (χ0) is 17.6. The van der Waals surface area contributed by atoms with Gasteiger partial charge in [0, 0.05) is 18.3 Å². The van der Waals surface area contributed by atoms with Crippen LogP contribution in [-0.2, 0) is 24.7 Å². The first kappa shape index (κ1) is 16.0. The number of thiophene rings is 1. The number of nitrogens with zero attached hydrogens (tertiary/aromatic N) is 2. The van der Waals surface area contributed by atoms with Crippen LogP contribution in [0.1, 0.15) is 40.6 Å². The summed E-state index contributed by atoms with van der Waals surface area (Å²) < 4.78 is 1.57. The van der Waals surface area contributed by atoms with Gasteiger partial charge in [-0.2, -0.15) is 0 Å². The predicted molar refractivity (Wildman–Crippen MR) is 97.4 cm³/mol. The van der Waals surface area contributed by atoms with Crippen molar-refractivity contribution in [2.24, 2.45) is 7.05 Å². The Morgan fingerprint density at radius 1 is 1.36 bits per heavy atom. The van der Waals surface area contributed by atoms with Crippen LogP contribution in [0.3, 0.4) is 0 Å². The first-order valence-electron chi connectivity index (χ1n) is 8.34. The Kier molecular flexibility index (Phi) is 3.92. The molecule has 25 heavy (non-hydrogen) atoms. The van der Waals surface area contributed by atoms with Gasteiger partial charge in [0.05, 0.1) is 11.3 Å². The number of carboxylic acids is 1. The van der Waals surface area contributed by atoms with Gasteiger partial charge in [-0.15, -0.1) is 11.3 Å². The summed E-state index contributed by atoms with van der Waals surface area (Å²) >= 11 is 1.48. The van der Waals surface area contributed by atoms with Gasteiger partial charge in [-0.05, 0) is 30.4 Å². The molecule has 1 aliphatic carbocycles. The number of aliphatic carboxylic acids is 1. The lowest BCUT2D eigenvalue weighted by molar-refractivity contribution is -0.139. The van der Waals surface area contributed by atoms with E-state index in [0.717, 1.165) is 23.3 Å². The van der Waals surface area contributed by atoms with Crippen LogP contribution < -0.4 is 5.56 Å². The van der Waals surface area contributed by atoms with Crippen molar-refractivity contribution in [3.8, 4) is 0 Å². The summed E-state index contributed by atoms with van der Waals surface area (Å²) in [5.41, 5.74) is 1.66. The lowest BCUT2D eigenvalue weighted by Gasteiger charge is -2.19. The molecule has 0 fully saturated rings. The number of fused-ring (bicyclic) bond motifs is 3. The molecule has 1 N–H and O–H groups in total. The van der Waals surface area contributed by atoms with Crippen LogP contribution >= 0.6 is 11.3 Å². The molecule has 1 unspecified atom stereocenters. The smallest absolute Gasteiger partial charge is 0.311 e. The summed E-state index contributed by atoms with van der Waals surface area (Å²) in [7, 11) is 1.72. The molecule has 4 rings (SSSR count). The molecule has 1 aliphatic rings. The molecule has 5 nitrogen and oxygen atoms in total. The van der Waals surface area contributed by atoms with Gasteiger partial charge in [0.1, 0.15) is 10.7 Å². The number of carbonyl (C=O) groups is 1. The van der Waals surface area contributed by atoms with Crippen LogP contribution in [0.4, 0.5) is 0 Å². The van der Waals surface area contributed by atoms with Gasteiger partial charge in [0.25, 0.3) is 5.56 Å². The number of hydrogen-bond donors (Lipinski definition) is 1. The highest BCUT2D eigenvalue weighted by Crippen LogP contribution is 2.40. The van der Waals surface area contributed by atoms with Crippen molar-refractivity contribution in [2.45, 2.75) is 31.6 Å². The molecule has 128 valence electrons. The van der Waals surface area contributed by atoms with E-state index in [1.165, 1.54) is 11.3 Å². The average Bonchev–Trinajstić information content (AvgIpc) is 2.98. The van der Waals surface area contributed by atoms with Crippen molar-refractivity contribution in [1.29, 1.82) is 0 Å². The van der Waals surface area contributed by atoms with Crippen molar-refractivity contribution in [2.75, 3.05) is 0 Å². The number of aromatic nitrogens is 2. The molecule has 0 bridgehead atoms. The first-order valence-corrected chi connectivity index (χ1v) is 9.16.